The average molecular weight is 454 g/mol. The third-order valence-electron chi connectivity index (χ3n) is 5.63. The van der Waals surface area contributed by atoms with Crippen LogP contribution >= 0.6 is 0 Å². The predicted molar refractivity (Wildman–Crippen MR) is 129 cm³/mol. The van der Waals surface area contributed by atoms with E-state index < -0.39 is 10.1 Å². The number of benzene rings is 2. The fraction of sp³-hybridized carbons (Fsp3) is 0.320. The maximum Gasteiger partial charge on any atom is 0.294 e. The van der Waals surface area contributed by atoms with Gasteiger partial charge in [-0.2, -0.15) is 8.42 Å². The number of aryl methyl sites for hydroxylation is 1. The van der Waals surface area contributed by atoms with Crippen LogP contribution in [0, 0.1) is 6.92 Å². The van der Waals surface area contributed by atoms with Crippen LogP contribution in [-0.4, -0.2) is 38.1 Å². The van der Waals surface area contributed by atoms with Gasteiger partial charge in [0.05, 0.1) is 4.90 Å². The van der Waals surface area contributed by atoms with Gasteiger partial charge in [-0.3, -0.25) is 4.55 Å². The van der Waals surface area contributed by atoms with Gasteiger partial charge in [0, 0.05) is 37.9 Å². The number of hydrogen-bond acceptors (Lipinski definition) is 5. The van der Waals surface area contributed by atoms with Crippen molar-refractivity contribution in [3.8, 4) is 0 Å². The number of nitrogens with zero attached hydrogens (tertiary/aromatic N) is 2. The van der Waals surface area contributed by atoms with Gasteiger partial charge in [0.2, 0.25) is 0 Å². The number of nitrogens with one attached hydrogen (secondary N) is 1. The van der Waals surface area contributed by atoms with Crippen LogP contribution in [0.3, 0.4) is 0 Å². The molecule has 0 atom stereocenters. The molecule has 32 heavy (non-hydrogen) atoms. The summed E-state index contributed by atoms with van der Waals surface area (Å²) >= 11 is 0. The molecule has 1 aliphatic rings. The van der Waals surface area contributed by atoms with Gasteiger partial charge in [0.15, 0.2) is 0 Å². The second-order valence-corrected chi connectivity index (χ2v) is 9.82. The van der Waals surface area contributed by atoms with Crippen LogP contribution in [0.25, 0.3) is 0 Å². The average Bonchev–Trinajstić information content (AvgIpc) is 2.73. The summed E-state index contributed by atoms with van der Waals surface area (Å²) in [5, 5.41) is 3.30. The molecule has 0 radical (unpaired) electrons. The first-order valence-electron chi connectivity index (χ1n) is 10.7. The van der Waals surface area contributed by atoms with Crippen LogP contribution in [0.4, 0.5) is 11.5 Å². The Bertz CT molecular complexity index is 1110. The van der Waals surface area contributed by atoms with E-state index in [2.05, 4.69) is 72.5 Å². The van der Waals surface area contributed by atoms with Crippen LogP contribution in [0.2, 0.25) is 0 Å². The number of hydrogen-bond donors (Lipinski definition) is 2. The molecule has 0 unspecified atom stereocenters. The summed E-state index contributed by atoms with van der Waals surface area (Å²) in [6, 6.07) is 19.0. The molecule has 170 valence electrons. The highest BCUT2D eigenvalue weighted by atomic mass is 32.2. The molecule has 0 bridgehead atoms. The summed E-state index contributed by atoms with van der Waals surface area (Å²) in [4.78, 5) is 6.68. The molecule has 0 amide bonds. The van der Waals surface area contributed by atoms with E-state index in [0.29, 0.717) is 11.8 Å². The number of pyridine rings is 1. The largest absolute Gasteiger partial charge is 0.329 e. The highest BCUT2D eigenvalue weighted by Crippen LogP contribution is 2.26. The van der Waals surface area contributed by atoms with E-state index in [-0.39, 0.29) is 4.90 Å². The number of rotatable bonds is 5. The van der Waals surface area contributed by atoms with Gasteiger partial charge in [0.1, 0.15) is 5.82 Å². The van der Waals surface area contributed by atoms with E-state index in [4.69, 9.17) is 4.55 Å². The molecule has 6 nitrogen and oxygen atoms in total. The Morgan fingerprint density at radius 2 is 1.62 bits per heavy atom. The molecule has 1 aliphatic heterocycles. The molecule has 1 fully saturated rings. The van der Waals surface area contributed by atoms with Crippen molar-refractivity contribution in [2.75, 3.05) is 25.0 Å². The zero-order valence-electron chi connectivity index (χ0n) is 19.0. The SMILES string of the molecule is CC(C)c1ccc(N(C)c2ccc(C3CNC3)cn2)cc1.Cc1ccc(S(=O)(=O)O)cc1. The lowest BCUT2D eigenvalue weighted by Gasteiger charge is -2.27. The van der Waals surface area contributed by atoms with Gasteiger partial charge in [-0.05, 0) is 54.3 Å². The summed E-state index contributed by atoms with van der Waals surface area (Å²) in [6.45, 7) is 8.43. The maximum atomic E-state index is 10.5. The molecule has 2 N–H and O–H groups in total. The molecule has 3 aromatic rings. The summed E-state index contributed by atoms with van der Waals surface area (Å²) in [5.41, 5.74) is 4.83. The Kier molecular flexibility index (Phi) is 7.66. The first-order valence-corrected chi connectivity index (χ1v) is 12.1. The normalized spacial score (nSPS) is 13.8. The van der Waals surface area contributed by atoms with E-state index in [0.717, 1.165) is 24.5 Å². The molecule has 0 aliphatic carbocycles. The zero-order valence-corrected chi connectivity index (χ0v) is 19.8. The van der Waals surface area contributed by atoms with Crippen molar-refractivity contribution in [2.45, 2.75) is 37.5 Å². The highest BCUT2D eigenvalue weighted by Gasteiger charge is 2.19. The fourth-order valence-electron chi connectivity index (χ4n) is 3.29. The lowest BCUT2D eigenvalue weighted by atomic mass is 9.95. The standard InChI is InChI=1S/C18H23N3.C7H8O3S/c1-13(2)14-4-7-17(8-5-14)21(3)18-9-6-15(12-20-18)16-10-19-11-16;1-6-2-4-7(5-3-6)11(8,9)10/h4-9,12-13,16,19H,10-11H2,1-3H3;2-5H,1H3,(H,8,9,10). The Hall–Kier alpha value is -2.74. The molecule has 7 heteroatoms. The lowest BCUT2D eigenvalue weighted by molar-refractivity contribution is 0.447. The molecule has 2 heterocycles. The Morgan fingerprint density at radius 3 is 2.06 bits per heavy atom. The second-order valence-electron chi connectivity index (χ2n) is 8.40. The second kappa shape index (κ2) is 10.3. The Labute approximate surface area is 191 Å². The van der Waals surface area contributed by atoms with Crippen molar-refractivity contribution < 1.29 is 13.0 Å². The van der Waals surface area contributed by atoms with Crippen molar-refractivity contribution in [1.82, 2.24) is 10.3 Å². The monoisotopic (exact) mass is 453 g/mol. The Balaban J connectivity index is 0.000000222. The molecular weight excluding hydrogens is 422 g/mol. The van der Waals surface area contributed by atoms with Crippen LogP contribution in [0.1, 0.15) is 42.4 Å². The van der Waals surface area contributed by atoms with E-state index in [1.807, 2.05) is 13.1 Å². The number of anilines is 2. The zero-order chi connectivity index (χ0) is 23.3. The minimum Gasteiger partial charge on any atom is -0.329 e. The third kappa shape index (κ3) is 6.16. The van der Waals surface area contributed by atoms with Crippen molar-refractivity contribution in [3.05, 3.63) is 83.6 Å². The molecule has 0 saturated carbocycles. The first-order chi connectivity index (χ1) is 15.1. The van der Waals surface area contributed by atoms with Crippen molar-refractivity contribution in [3.63, 3.8) is 0 Å². The van der Waals surface area contributed by atoms with E-state index in [1.54, 1.807) is 12.1 Å². The van der Waals surface area contributed by atoms with Gasteiger partial charge < -0.3 is 10.2 Å². The van der Waals surface area contributed by atoms with Gasteiger partial charge >= 0.3 is 0 Å². The lowest BCUT2D eigenvalue weighted by Crippen LogP contribution is -2.39. The van der Waals surface area contributed by atoms with E-state index in [1.165, 1.54) is 28.9 Å². The van der Waals surface area contributed by atoms with E-state index in [9.17, 15) is 8.42 Å². The van der Waals surface area contributed by atoms with Gasteiger partial charge in [-0.25, -0.2) is 4.98 Å². The van der Waals surface area contributed by atoms with Gasteiger partial charge in [-0.1, -0.05) is 49.7 Å². The van der Waals surface area contributed by atoms with Crippen LogP contribution < -0.4 is 10.2 Å². The van der Waals surface area contributed by atoms with Crippen molar-refractivity contribution in [2.24, 2.45) is 0 Å². The quantitative estimate of drug-likeness (QED) is 0.535. The molecule has 0 spiro atoms. The van der Waals surface area contributed by atoms with Crippen LogP contribution in [0.5, 0.6) is 0 Å². The predicted octanol–water partition coefficient (Wildman–Crippen LogP) is 4.90. The molecule has 4 rings (SSSR count). The van der Waals surface area contributed by atoms with Gasteiger partial charge in [-0.15, -0.1) is 0 Å². The molecule has 2 aromatic carbocycles. The summed E-state index contributed by atoms with van der Waals surface area (Å²) < 4.78 is 29.6. The summed E-state index contributed by atoms with van der Waals surface area (Å²) in [5.74, 6) is 2.20. The minimum atomic E-state index is -4.02. The van der Waals surface area contributed by atoms with Crippen molar-refractivity contribution >= 4 is 21.6 Å². The summed E-state index contributed by atoms with van der Waals surface area (Å²) in [6.07, 6.45) is 2.01. The summed E-state index contributed by atoms with van der Waals surface area (Å²) in [7, 11) is -1.95. The van der Waals surface area contributed by atoms with Crippen LogP contribution in [-0.2, 0) is 10.1 Å². The molecule has 1 saturated heterocycles. The Morgan fingerprint density at radius 1 is 1.00 bits per heavy atom. The smallest absolute Gasteiger partial charge is 0.294 e. The third-order valence-corrected chi connectivity index (χ3v) is 6.50. The van der Waals surface area contributed by atoms with Crippen molar-refractivity contribution in [1.29, 1.82) is 0 Å². The first kappa shape index (κ1) is 23.9. The highest BCUT2D eigenvalue weighted by molar-refractivity contribution is 7.85. The van der Waals surface area contributed by atoms with Crippen LogP contribution in [0.15, 0.2) is 71.8 Å². The topological polar surface area (TPSA) is 82.5 Å². The molecular formula is C25H31N3O3S. The molecule has 1 aromatic heterocycles. The maximum absolute atomic E-state index is 10.5. The minimum absolute atomic E-state index is 0.0666. The fourth-order valence-corrected chi connectivity index (χ4v) is 3.77. The van der Waals surface area contributed by atoms with E-state index >= 15 is 0 Å². The number of aromatic nitrogens is 1. The van der Waals surface area contributed by atoms with Gasteiger partial charge in [0.25, 0.3) is 10.1 Å².